The van der Waals surface area contributed by atoms with Crippen molar-refractivity contribution in [2.75, 3.05) is 19.7 Å². The summed E-state index contributed by atoms with van der Waals surface area (Å²) in [4.78, 5) is 24.0. The van der Waals surface area contributed by atoms with Gasteiger partial charge in [0.1, 0.15) is 5.56 Å². The van der Waals surface area contributed by atoms with E-state index < -0.39 is 4.92 Å². The van der Waals surface area contributed by atoms with Crippen LogP contribution in [0, 0.1) is 23.0 Å². The maximum atomic E-state index is 12.1. The Labute approximate surface area is 104 Å². The standard InChI is InChI=1S/C12H14N2O4/c1-8-2-3-11(14(17)18)10(4-8)12(16)13-5-9(6-13)7-15/h2-4,9,15H,5-7H2,1H3. The van der Waals surface area contributed by atoms with Crippen molar-refractivity contribution >= 4 is 11.6 Å². The molecule has 6 heteroatoms. The minimum Gasteiger partial charge on any atom is -0.396 e. The molecular formula is C12H14N2O4. The second-order valence-corrected chi connectivity index (χ2v) is 4.54. The van der Waals surface area contributed by atoms with E-state index in [1.54, 1.807) is 13.0 Å². The fraction of sp³-hybridized carbons (Fsp3) is 0.417. The Balaban J connectivity index is 2.24. The number of nitro groups is 1. The summed E-state index contributed by atoms with van der Waals surface area (Å²) in [6, 6.07) is 4.50. The van der Waals surface area contributed by atoms with E-state index >= 15 is 0 Å². The first-order valence-electron chi connectivity index (χ1n) is 5.68. The van der Waals surface area contributed by atoms with Crippen LogP contribution in [0.3, 0.4) is 0 Å². The summed E-state index contributed by atoms with van der Waals surface area (Å²) in [6.07, 6.45) is 0. The Morgan fingerprint density at radius 3 is 2.78 bits per heavy atom. The van der Waals surface area contributed by atoms with E-state index in [0.29, 0.717) is 13.1 Å². The van der Waals surface area contributed by atoms with Gasteiger partial charge in [0.25, 0.3) is 11.6 Å². The van der Waals surface area contributed by atoms with E-state index in [-0.39, 0.29) is 29.7 Å². The van der Waals surface area contributed by atoms with Crippen LogP contribution in [-0.4, -0.2) is 40.5 Å². The Morgan fingerprint density at radius 1 is 1.56 bits per heavy atom. The van der Waals surface area contributed by atoms with E-state index in [1.807, 2.05) is 0 Å². The Kier molecular flexibility index (Phi) is 3.29. The zero-order valence-electron chi connectivity index (χ0n) is 10.00. The van der Waals surface area contributed by atoms with E-state index in [4.69, 9.17) is 5.11 Å². The molecule has 0 aliphatic carbocycles. The number of amides is 1. The lowest BCUT2D eigenvalue weighted by atomic mass is 9.99. The second kappa shape index (κ2) is 4.73. The van der Waals surface area contributed by atoms with E-state index in [9.17, 15) is 14.9 Å². The molecule has 0 spiro atoms. The highest BCUT2D eigenvalue weighted by atomic mass is 16.6. The molecule has 0 unspecified atom stereocenters. The number of rotatable bonds is 3. The largest absolute Gasteiger partial charge is 0.396 e. The molecule has 1 saturated heterocycles. The van der Waals surface area contributed by atoms with Crippen LogP contribution in [0.1, 0.15) is 15.9 Å². The Morgan fingerprint density at radius 2 is 2.22 bits per heavy atom. The zero-order chi connectivity index (χ0) is 13.3. The summed E-state index contributed by atoms with van der Waals surface area (Å²) >= 11 is 0. The van der Waals surface area contributed by atoms with Gasteiger partial charge in [0, 0.05) is 31.7 Å². The number of benzene rings is 1. The molecule has 1 aliphatic rings. The van der Waals surface area contributed by atoms with E-state index in [0.717, 1.165) is 5.56 Å². The van der Waals surface area contributed by atoms with Gasteiger partial charge in [-0.3, -0.25) is 14.9 Å². The summed E-state index contributed by atoms with van der Waals surface area (Å²) in [5, 5.41) is 19.8. The van der Waals surface area contributed by atoms with Crippen LogP contribution in [0.25, 0.3) is 0 Å². The van der Waals surface area contributed by atoms with Gasteiger partial charge in [-0.1, -0.05) is 6.07 Å². The van der Waals surface area contributed by atoms with Gasteiger partial charge in [-0.2, -0.15) is 0 Å². The van der Waals surface area contributed by atoms with Crippen LogP contribution in [0.5, 0.6) is 0 Å². The fourth-order valence-electron chi connectivity index (χ4n) is 2.00. The molecule has 1 heterocycles. The average molecular weight is 250 g/mol. The lowest BCUT2D eigenvalue weighted by molar-refractivity contribution is -0.385. The molecule has 96 valence electrons. The van der Waals surface area contributed by atoms with Crippen LogP contribution < -0.4 is 0 Å². The predicted molar refractivity (Wildman–Crippen MR) is 64.3 cm³/mol. The summed E-state index contributed by atoms with van der Waals surface area (Å²) in [6.45, 7) is 2.74. The number of aryl methyl sites for hydroxylation is 1. The molecule has 0 bridgehead atoms. The van der Waals surface area contributed by atoms with Crippen molar-refractivity contribution < 1.29 is 14.8 Å². The van der Waals surface area contributed by atoms with Gasteiger partial charge in [0.05, 0.1) is 4.92 Å². The molecule has 18 heavy (non-hydrogen) atoms. The van der Waals surface area contributed by atoms with Gasteiger partial charge in [-0.25, -0.2) is 0 Å². The summed E-state index contributed by atoms with van der Waals surface area (Å²) in [5.74, 6) is -0.243. The smallest absolute Gasteiger partial charge is 0.282 e. The third-order valence-corrected chi connectivity index (χ3v) is 3.08. The van der Waals surface area contributed by atoms with Crippen molar-refractivity contribution in [1.29, 1.82) is 0 Å². The van der Waals surface area contributed by atoms with Crippen molar-refractivity contribution in [2.45, 2.75) is 6.92 Å². The molecular weight excluding hydrogens is 236 g/mol. The molecule has 1 amide bonds. The molecule has 0 saturated carbocycles. The van der Waals surface area contributed by atoms with Gasteiger partial charge >= 0.3 is 0 Å². The van der Waals surface area contributed by atoms with Gasteiger partial charge in [0.15, 0.2) is 0 Å². The summed E-state index contributed by atoms with van der Waals surface area (Å²) in [5.41, 5.74) is 0.762. The number of likely N-dealkylation sites (tertiary alicyclic amines) is 1. The van der Waals surface area contributed by atoms with Crippen LogP contribution in [0.15, 0.2) is 18.2 Å². The number of nitrogens with zero attached hydrogens (tertiary/aromatic N) is 2. The Hall–Kier alpha value is -1.95. The van der Waals surface area contributed by atoms with Crippen LogP contribution in [-0.2, 0) is 0 Å². The van der Waals surface area contributed by atoms with Gasteiger partial charge in [-0.15, -0.1) is 0 Å². The molecule has 1 aromatic carbocycles. The molecule has 0 aromatic heterocycles. The quantitative estimate of drug-likeness (QED) is 0.640. The normalized spacial score (nSPS) is 15.3. The zero-order valence-corrected chi connectivity index (χ0v) is 10.00. The minimum atomic E-state index is -0.546. The highest BCUT2D eigenvalue weighted by Crippen LogP contribution is 2.25. The fourth-order valence-corrected chi connectivity index (χ4v) is 2.00. The lowest BCUT2D eigenvalue weighted by Crippen LogP contribution is -2.51. The topological polar surface area (TPSA) is 83.7 Å². The van der Waals surface area contributed by atoms with Gasteiger partial charge in [-0.05, 0) is 18.6 Å². The maximum absolute atomic E-state index is 12.1. The second-order valence-electron chi connectivity index (χ2n) is 4.54. The van der Waals surface area contributed by atoms with Crippen LogP contribution >= 0.6 is 0 Å². The monoisotopic (exact) mass is 250 g/mol. The summed E-state index contributed by atoms with van der Waals surface area (Å²) < 4.78 is 0. The Bertz CT molecular complexity index is 495. The number of nitro benzene ring substituents is 1. The van der Waals surface area contributed by atoms with Crippen molar-refractivity contribution in [3.05, 3.63) is 39.4 Å². The molecule has 2 rings (SSSR count). The number of hydrogen-bond donors (Lipinski definition) is 1. The van der Waals surface area contributed by atoms with Crippen molar-refractivity contribution in [2.24, 2.45) is 5.92 Å². The van der Waals surface area contributed by atoms with Crippen molar-refractivity contribution in [3.63, 3.8) is 0 Å². The molecule has 0 radical (unpaired) electrons. The number of hydrogen-bond acceptors (Lipinski definition) is 4. The number of aliphatic hydroxyl groups excluding tert-OH is 1. The average Bonchev–Trinajstić information content (AvgIpc) is 2.26. The molecule has 1 aromatic rings. The molecule has 0 atom stereocenters. The van der Waals surface area contributed by atoms with Crippen molar-refractivity contribution in [1.82, 2.24) is 4.90 Å². The van der Waals surface area contributed by atoms with Gasteiger partial charge < -0.3 is 10.0 Å². The van der Waals surface area contributed by atoms with Crippen molar-refractivity contribution in [3.8, 4) is 0 Å². The summed E-state index contributed by atoms with van der Waals surface area (Å²) in [7, 11) is 0. The van der Waals surface area contributed by atoms with E-state index in [1.165, 1.54) is 17.0 Å². The van der Waals surface area contributed by atoms with E-state index in [2.05, 4.69) is 0 Å². The highest BCUT2D eigenvalue weighted by Gasteiger charge is 2.33. The molecule has 1 aliphatic heterocycles. The van der Waals surface area contributed by atoms with Crippen LogP contribution in [0.4, 0.5) is 5.69 Å². The number of carbonyl (C=O) groups is 1. The first-order valence-corrected chi connectivity index (χ1v) is 5.68. The third kappa shape index (κ3) is 2.19. The number of carbonyl (C=O) groups excluding carboxylic acids is 1. The minimum absolute atomic E-state index is 0.0414. The third-order valence-electron chi connectivity index (χ3n) is 3.08. The maximum Gasteiger partial charge on any atom is 0.282 e. The molecule has 6 nitrogen and oxygen atoms in total. The first-order chi connectivity index (χ1) is 8.52. The number of aliphatic hydroxyl groups is 1. The molecule has 1 N–H and O–H groups in total. The first kappa shape index (κ1) is 12.5. The molecule has 1 fully saturated rings. The van der Waals surface area contributed by atoms with Crippen LogP contribution in [0.2, 0.25) is 0 Å². The highest BCUT2D eigenvalue weighted by molar-refractivity contribution is 5.98. The van der Waals surface area contributed by atoms with Gasteiger partial charge in [0.2, 0.25) is 0 Å². The SMILES string of the molecule is Cc1ccc([N+](=O)[O-])c(C(=O)N2CC(CO)C2)c1. The predicted octanol–water partition coefficient (Wildman–Crippen LogP) is 0.968. The lowest BCUT2D eigenvalue weighted by Gasteiger charge is -2.38.